The van der Waals surface area contributed by atoms with Crippen LogP contribution in [0, 0.1) is 0 Å². The Hall–Kier alpha value is -3.13. The van der Waals surface area contributed by atoms with E-state index in [1.54, 1.807) is 51.2 Å². The van der Waals surface area contributed by atoms with E-state index in [-0.39, 0.29) is 17.2 Å². The largest absolute Gasteiger partial charge is 0.504 e. The molecule has 0 fully saturated rings. The van der Waals surface area contributed by atoms with Gasteiger partial charge < -0.3 is 19.6 Å². The number of esters is 1. The lowest BCUT2D eigenvalue weighted by atomic mass is 10.0. The number of hydroxylamine groups is 1. The SMILES string of the molecule is C=C1C(O)=C(C(=O)OC)N=C(C(C)(C)NOC(=O)c2ccccc2)N1C. The number of hydrogen-bond donors (Lipinski definition) is 2. The molecular weight excluding hydrogens is 338 g/mol. The quantitative estimate of drug-likeness (QED) is 0.612. The molecule has 0 unspecified atom stereocenters. The Kier molecular flexibility index (Phi) is 5.47. The molecule has 0 aliphatic carbocycles. The number of carbonyl (C=O) groups is 2. The summed E-state index contributed by atoms with van der Waals surface area (Å²) in [4.78, 5) is 34.8. The van der Waals surface area contributed by atoms with Gasteiger partial charge in [0.2, 0.25) is 0 Å². The fraction of sp³-hybridized carbons (Fsp3) is 0.278. The van der Waals surface area contributed by atoms with Gasteiger partial charge >= 0.3 is 11.9 Å². The van der Waals surface area contributed by atoms with E-state index < -0.39 is 17.5 Å². The second kappa shape index (κ2) is 7.40. The molecule has 1 aromatic rings. The number of nitrogens with one attached hydrogen (secondary N) is 1. The molecule has 1 aromatic carbocycles. The van der Waals surface area contributed by atoms with E-state index >= 15 is 0 Å². The maximum atomic E-state index is 12.1. The zero-order valence-corrected chi connectivity index (χ0v) is 15.1. The molecule has 2 N–H and O–H groups in total. The van der Waals surface area contributed by atoms with Gasteiger partial charge in [0, 0.05) is 7.05 Å². The van der Waals surface area contributed by atoms with Crippen LogP contribution in [0.5, 0.6) is 0 Å². The number of aliphatic hydroxyl groups excluding tert-OH is 1. The number of ether oxygens (including phenoxy) is 1. The van der Waals surface area contributed by atoms with Crippen molar-refractivity contribution in [3.05, 3.63) is 59.6 Å². The lowest BCUT2D eigenvalue weighted by Crippen LogP contribution is -2.54. The van der Waals surface area contributed by atoms with Crippen molar-refractivity contribution in [2.45, 2.75) is 19.4 Å². The van der Waals surface area contributed by atoms with Crippen LogP contribution in [0.2, 0.25) is 0 Å². The van der Waals surface area contributed by atoms with Crippen LogP contribution in [0.1, 0.15) is 24.2 Å². The van der Waals surface area contributed by atoms with Crippen LogP contribution in [0.3, 0.4) is 0 Å². The van der Waals surface area contributed by atoms with Gasteiger partial charge in [-0.25, -0.2) is 14.6 Å². The van der Waals surface area contributed by atoms with Gasteiger partial charge in [-0.3, -0.25) is 0 Å². The molecule has 26 heavy (non-hydrogen) atoms. The fourth-order valence-corrected chi connectivity index (χ4v) is 2.31. The predicted octanol–water partition coefficient (Wildman–Crippen LogP) is 1.93. The molecular formula is C18H21N3O5. The number of amidine groups is 1. The van der Waals surface area contributed by atoms with Crippen molar-refractivity contribution in [1.82, 2.24) is 10.4 Å². The van der Waals surface area contributed by atoms with Crippen molar-refractivity contribution in [3.8, 4) is 0 Å². The standard InChI is InChI=1S/C18H21N3O5/c1-11-14(22)13(16(24)25-5)19-17(21(11)4)18(2,3)20-26-15(23)12-9-7-6-8-10-12/h6-10,20,22H,1H2,2-5H3. The van der Waals surface area contributed by atoms with Crippen LogP contribution in [0.4, 0.5) is 0 Å². The molecule has 138 valence electrons. The van der Waals surface area contributed by atoms with Crippen molar-refractivity contribution < 1.29 is 24.3 Å². The van der Waals surface area contributed by atoms with E-state index in [9.17, 15) is 14.7 Å². The smallest absolute Gasteiger partial charge is 0.360 e. The third kappa shape index (κ3) is 3.75. The monoisotopic (exact) mass is 359 g/mol. The van der Waals surface area contributed by atoms with Crippen molar-refractivity contribution in [2.75, 3.05) is 14.2 Å². The van der Waals surface area contributed by atoms with Gasteiger partial charge in [-0.15, -0.1) is 5.48 Å². The molecule has 8 nitrogen and oxygen atoms in total. The average molecular weight is 359 g/mol. The highest BCUT2D eigenvalue weighted by Crippen LogP contribution is 2.26. The molecule has 1 aliphatic heterocycles. The summed E-state index contributed by atoms with van der Waals surface area (Å²) in [6.07, 6.45) is 0. The van der Waals surface area contributed by atoms with Gasteiger partial charge in [0.15, 0.2) is 11.5 Å². The molecule has 2 rings (SSSR count). The van der Waals surface area contributed by atoms with E-state index in [4.69, 9.17) is 4.84 Å². The number of benzene rings is 1. The first-order valence-corrected chi connectivity index (χ1v) is 7.76. The van der Waals surface area contributed by atoms with E-state index in [1.807, 2.05) is 0 Å². The number of rotatable bonds is 5. The number of likely N-dealkylation sites (N-methyl/N-ethyl adjacent to an activating group) is 1. The van der Waals surface area contributed by atoms with Crippen molar-refractivity contribution in [2.24, 2.45) is 4.99 Å². The number of carbonyl (C=O) groups excluding carboxylic acids is 2. The highest BCUT2D eigenvalue weighted by molar-refractivity contribution is 6.00. The summed E-state index contributed by atoms with van der Waals surface area (Å²) < 4.78 is 4.63. The van der Waals surface area contributed by atoms with Crippen molar-refractivity contribution >= 4 is 17.8 Å². The third-order valence-electron chi connectivity index (χ3n) is 3.78. The minimum absolute atomic E-state index is 0.166. The molecule has 0 aromatic heterocycles. The zero-order valence-electron chi connectivity index (χ0n) is 15.1. The number of nitrogens with zero attached hydrogens (tertiary/aromatic N) is 2. The summed E-state index contributed by atoms with van der Waals surface area (Å²) in [6.45, 7) is 7.14. The Labute approximate surface area is 151 Å². The fourth-order valence-electron chi connectivity index (χ4n) is 2.31. The van der Waals surface area contributed by atoms with Crippen molar-refractivity contribution in [1.29, 1.82) is 0 Å². The molecule has 0 bridgehead atoms. The van der Waals surface area contributed by atoms with Gasteiger partial charge in [-0.1, -0.05) is 24.8 Å². The summed E-state index contributed by atoms with van der Waals surface area (Å²) >= 11 is 0. The van der Waals surface area contributed by atoms with E-state index in [0.717, 1.165) is 0 Å². The molecule has 1 aliphatic rings. The summed E-state index contributed by atoms with van der Waals surface area (Å²) in [6, 6.07) is 8.49. The van der Waals surface area contributed by atoms with Gasteiger partial charge in [-0.2, -0.15) is 0 Å². The second-order valence-corrected chi connectivity index (χ2v) is 6.11. The van der Waals surface area contributed by atoms with Crippen LogP contribution in [0.15, 0.2) is 59.1 Å². The maximum Gasteiger partial charge on any atom is 0.360 e. The topological polar surface area (TPSA) is 100 Å². The van der Waals surface area contributed by atoms with E-state index in [0.29, 0.717) is 11.4 Å². The first kappa shape index (κ1) is 19.2. The van der Waals surface area contributed by atoms with Crippen LogP contribution < -0.4 is 5.48 Å². The normalized spacial score (nSPS) is 14.8. The average Bonchev–Trinajstić information content (AvgIpc) is 2.64. The highest BCUT2D eigenvalue weighted by Gasteiger charge is 2.37. The first-order chi connectivity index (χ1) is 12.2. The number of aliphatic imine (C=N–C) groups is 1. The molecule has 0 saturated carbocycles. The van der Waals surface area contributed by atoms with Gasteiger partial charge in [0.25, 0.3) is 0 Å². The number of hydrogen-bond acceptors (Lipinski definition) is 8. The number of methoxy groups -OCH3 is 1. The molecule has 0 atom stereocenters. The van der Waals surface area contributed by atoms with Gasteiger partial charge in [0.1, 0.15) is 11.4 Å². The zero-order chi connectivity index (χ0) is 19.5. The molecule has 0 radical (unpaired) electrons. The van der Waals surface area contributed by atoms with Gasteiger partial charge in [0.05, 0.1) is 18.4 Å². The van der Waals surface area contributed by atoms with Crippen LogP contribution in [0.25, 0.3) is 0 Å². The highest BCUT2D eigenvalue weighted by atomic mass is 16.7. The first-order valence-electron chi connectivity index (χ1n) is 7.76. The second-order valence-electron chi connectivity index (χ2n) is 6.11. The third-order valence-corrected chi connectivity index (χ3v) is 3.78. The summed E-state index contributed by atoms with van der Waals surface area (Å²) in [7, 11) is 2.80. The molecule has 0 amide bonds. The summed E-state index contributed by atoms with van der Waals surface area (Å²) in [5.74, 6) is -1.43. The maximum absolute atomic E-state index is 12.1. The molecule has 8 heteroatoms. The Bertz CT molecular complexity index is 796. The Morgan fingerprint density at radius 1 is 1.23 bits per heavy atom. The van der Waals surface area contributed by atoms with E-state index in [1.165, 1.54) is 12.0 Å². The molecule has 1 heterocycles. The molecule has 0 spiro atoms. The molecule has 0 saturated heterocycles. The summed E-state index contributed by atoms with van der Waals surface area (Å²) in [5, 5.41) is 10.1. The van der Waals surface area contributed by atoms with E-state index in [2.05, 4.69) is 21.8 Å². The van der Waals surface area contributed by atoms with Crippen LogP contribution >= 0.6 is 0 Å². The Balaban J connectivity index is 2.25. The van der Waals surface area contributed by atoms with Crippen LogP contribution in [-0.4, -0.2) is 47.5 Å². The lowest BCUT2D eigenvalue weighted by Gasteiger charge is -2.36. The van der Waals surface area contributed by atoms with Crippen molar-refractivity contribution in [3.63, 3.8) is 0 Å². The minimum atomic E-state index is -0.998. The number of aliphatic hydroxyl groups is 1. The van der Waals surface area contributed by atoms with Crippen LogP contribution in [-0.2, 0) is 14.4 Å². The summed E-state index contributed by atoms with van der Waals surface area (Å²) in [5.41, 5.74) is 1.93. The lowest BCUT2D eigenvalue weighted by molar-refractivity contribution is -0.136. The Morgan fingerprint density at radius 3 is 2.42 bits per heavy atom. The predicted molar refractivity (Wildman–Crippen MR) is 95.1 cm³/mol. The minimum Gasteiger partial charge on any atom is -0.504 e. The van der Waals surface area contributed by atoms with Gasteiger partial charge in [-0.05, 0) is 26.0 Å². The Morgan fingerprint density at radius 2 is 1.85 bits per heavy atom.